The Kier molecular flexibility index (Phi) is 4.16. The van der Waals surface area contributed by atoms with Crippen molar-refractivity contribution in [3.8, 4) is 5.75 Å². The van der Waals surface area contributed by atoms with E-state index in [1.807, 2.05) is 0 Å². The molecule has 0 saturated carbocycles. The maximum atomic E-state index is 12.1. The third-order valence-electron chi connectivity index (χ3n) is 2.46. The van der Waals surface area contributed by atoms with Crippen molar-refractivity contribution in [3.05, 3.63) is 50.6 Å². The highest BCUT2D eigenvalue weighted by Crippen LogP contribution is 2.24. The third kappa shape index (κ3) is 3.30. The molecule has 0 aliphatic rings. The fourth-order valence-electron chi connectivity index (χ4n) is 1.52. The van der Waals surface area contributed by atoms with Gasteiger partial charge in [0.1, 0.15) is 5.75 Å². The molecule has 0 saturated heterocycles. The van der Waals surface area contributed by atoms with E-state index in [9.17, 15) is 9.90 Å². The Hall–Kier alpha value is -1.47. The van der Waals surface area contributed by atoms with Gasteiger partial charge in [0.25, 0.3) is 5.91 Å². The van der Waals surface area contributed by atoms with E-state index in [0.29, 0.717) is 16.4 Å². The van der Waals surface area contributed by atoms with Crippen LogP contribution in [-0.4, -0.2) is 11.0 Å². The summed E-state index contributed by atoms with van der Waals surface area (Å²) in [6.45, 7) is 0. The molecule has 0 bridgehead atoms. The van der Waals surface area contributed by atoms with Gasteiger partial charge >= 0.3 is 0 Å². The molecule has 1 amide bonds. The van der Waals surface area contributed by atoms with E-state index in [4.69, 9.17) is 17.3 Å². The average molecular weight is 389 g/mol. The van der Waals surface area contributed by atoms with E-state index in [1.54, 1.807) is 18.2 Å². The molecule has 4 nitrogen and oxygen atoms in total. The molecule has 0 aromatic heterocycles. The van der Waals surface area contributed by atoms with Crippen molar-refractivity contribution >= 4 is 51.5 Å². The summed E-state index contributed by atoms with van der Waals surface area (Å²) in [6.07, 6.45) is 0. The van der Waals surface area contributed by atoms with E-state index in [2.05, 4.69) is 27.9 Å². The molecule has 98 valence electrons. The number of hydrogen-bond donors (Lipinski definition) is 3. The van der Waals surface area contributed by atoms with Gasteiger partial charge in [0, 0.05) is 14.3 Å². The lowest BCUT2D eigenvalue weighted by Crippen LogP contribution is -2.14. The number of rotatable bonds is 2. The number of hydrogen-bond acceptors (Lipinski definition) is 3. The lowest BCUT2D eigenvalue weighted by atomic mass is 10.1. The number of amides is 1. The van der Waals surface area contributed by atoms with Crippen molar-refractivity contribution in [3.63, 3.8) is 0 Å². The Bertz CT molecular complexity index is 647. The van der Waals surface area contributed by atoms with Crippen LogP contribution in [0.1, 0.15) is 10.4 Å². The summed E-state index contributed by atoms with van der Waals surface area (Å²) in [5.74, 6) is -0.390. The molecule has 0 heterocycles. The molecule has 0 spiro atoms. The van der Waals surface area contributed by atoms with Crippen LogP contribution in [0.25, 0.3) is 0 Å². The number of anilines is 2. The van der Waals surface area contributed by atoms with Crippen LogP contribution in [0.2, 0.25) is 5.02 Å². The number of halogens is 2. The fourth-order valence-corrected chi connectivity index (χ4v) is 2.53. The number of aromatic hydroxyl groups is 1. The molecule has 2 aromatic rings. The molecule has 4 N–H and O–H groups in total. The summed E-state index contributed by atoms with van der Waals surface area (Å²) < 4.78 is 0.817. The van der Waals surface area contributed by atoms with Crippen molar-refractivity contribution < 1.29 is 9.90 Å². The predicted octanol–water partition coefficient (Wildman–Crippen LogP) is 3.48. The van der Waals surface area contributed by atoms with Crippen LogP contribution in [0.3, 0.4) is 0 Å². The van der Waals surface area contributed by atoms with Crippen molar-refractivity contribution in [1.82, 2.24) is 0 Å². The van der Waals surface area contributed by atoms with Gasteiger partial charge in [-0.05, 0) is 59.0 Å². The topological polar surface area (TPSA) is 75.3 Å². The summed E-state index contributed by atoms with van der Waals surface area (Å²) in [6, 6.07) is 9.37. The number of carbonyl (C=O) groups is 1. The summed E-state index contributed by atoms with van der Waals surface area (Å²) in [4.78, 5) is 12.1. The van der Waals surface area contributed by atoms with E-state index >= 15 is 0 Å². The lowest BCUT2D eigenvalue weighted by molar-refractivity contribution is 0.102. The van der Waals surface area contributed by atoms with Crippen LogP contribution in [0.5, 0.6) is 5.75 Å². The summed E-state index contributed by atoms with van der Waals surface area (Å²) >= 11 is 7.92. The molecule has 0 aliphatic carbocycles. The number of carbonyl (C=O) groups excluding carboxylic acids is 1. The van der Waals surface area contributed by atoms with Crippen LogP contribution in [0, 0.1) is 3.57 Å². The summed E-state index contributed by atoms with van der Waals surface area (Å²) in [5.41, 5.74) is 6.88. The highest BCUT2D eigenvalue weighted by molar-refractivity contribution is 14.1. The number of benzene rings is 2. The second-order valence-corrected chi connectivity index (χ2v) is 5.45. The molecule has 0 aliphatic heterocycles. The normalized spacial score (nSPS) is 10.2. The summed E-state index contributed by atoms with van der Waals surface area (Å²) in [5, 5.41) is 12.7. The Labute approximate surface area is 128 Å². The first kappa shape index (κ1) is 14.0. The molecule has 0 fully saturated rings. The first-order valence-electron chi connectivity index (χ1n) is 5.32. The van der Waals surface area contributed by atoms with Crippen LogP contribution in [0.4, 0.5) is 11.4 Å². The zero-order valence-electron chi connectivity index (χ0n) is 9.65. The molecular weight excluding hydrogens is 379 g/mol. The monoisotopic (exact) mass is 388 g/mol. The van der Waals surface area contributed by atoms with Crippen LogP contribution < -0.4 is 11.1 Å². The number of phenolic OH excluding ortho intramolecular Hbond substituents is 1. The van der Waals surface area contributed by atoms with Crippen molar-refractivity contribution in [2.24, 2.45) is 0 Å². The highest BCUT2D eigenvalue weighted by Gasteiger charge is 2.12. The van der Waals surface area contributed by atoms with Gasteiger partial charge < -0.3 is 16.2 Å². The molecule has 0 unspecified atom stereocenters. The Morgan fingerprint density at radius 3 is 2.68 bits per heavy atom. The zero-order valence-corrected chi connectivity index (χ0v) is 12.6. The van der Waals surface area contributed by atoms with Gasteiger partial charge in [-0.3, -0.25) is 4.79 Å². The number of nitrogen functional groups attached to an aromatic ring is 1. The van der Waals surface area contributed by atoms with Crippen molar-refractivity contribution in [2.45, 2.75) is 0 Å². The molecular formula is C13H10ClIN2O2. The highest BCUT2D eigenvalue weighted by atomic mass is 127. The quantitative estimate of drug-likeness (QED) is 0.419. The van der Waals surface area contributed by atoms with Crippen molar-refractivity contribution in [1.29, 1.82) is 0 Å². The lowest BCUT2D eigenvalue weighted by Gasteiger charge is -2.09. The Balaban J connectivity index is 2.28. The van der Waals surface area contributed by atoms with Gasteiger partial charge in [0.2, 0.25) is 0 Å². The van der Waals surface area contributed by atoms with E-state index in [-0.39, 0.29) is 17.2 Å². The number of nitrogens with one attached hydrogen (secondary N) is 1. The minimum absolute atomic E-state index is 0.00912. The minimum Gasteiger partial charge on any atom is -0.508 e. The molecule has 6 heteroatoms. The van der Waals surface area contributed by atoms with Gasteiger partial charge in [-0.25, -0.2) is 0 Å². The van der Waals surface area contributed by atoms with Crippen molar-refractivity contribution in [2.75, 3.05) is 11.1 Å². The minimum atomic E-state index is -0.381. The van der Waals surface area contributed by atoms with Gasteiger partial charge in [-0.15, -0.1) is 0 Å². The van der Waals surface area contributed by atoms with Gasteiger partial charge in [-0.2, -0.15) is 0 Å². The fraction of sp³-hybridized carbons (Fsp3) is 0. The van der Waals surface area contributed by atoms with Crippen LogP contribution in [-0.2, 0) is 0 Å². The maximum absolute atomic E-state index is 12.1. The number of phenols is 1. The Morgan fingerprint density at radius 2 is 2.00 bits per heavy atom. The largest absolute Gasteiger partial charge is 0.508 e. The first-order valence-corrected chi connectivity index (χ1v) is 6.78. The van der Waals surface area contributed by atoms with Crippen LogP contribution in [0.15, 0.2) is 36.4 Å². The molecule has 2 rings (SSSR count). The SMILES string of the molecule is Nc1ccc(O)cc1C(=O)Nc1ccc(Cl)cc1I. The molecule has 0 radical (unpaired) electrons. The van der Waals surface area contributed by atoms with Gasteiger partial charge in [0.05, 0.1) is 11.3 Å². The molecule has 0 atom stereocenters. The number of nitrogens with two attached hydrogens (primary N) is 1. The smallest absolute Gasteiger partial charge is 0.257 e. The summed E-state index contributed by atoms with van der Waals surface area (Å²) in [7, 11) is 0. The van der Waals surface area contributed by atoms with E-state index < -0.39 is 0 Å². The standard InChI is InChI=1S/C13H10ClIN2O2/c14-7-1-4-12(10(15)5-7)17-13(19)9-6-8(18)2-3-11(9)16/h1-6,18H,16H2,(H,17,19). The maximum Gasteiger partial charge on any atom is 0.257 e. The molecule has 2 aromatic carbocycles. The molecule has 19 heavy (non-hydrogen) atoms. The first-order chi connectivity index (χ1) is 8.97. The van der Waals surface area contributed by atoms with Gasteiger partial charge in [0.15, 0.2) is 0 Å². The predicted molar refractivity (Wildman–Crippen MR) is 84.6 cm³/mol. The van der Waals surface area contributed by atoms with Gasteiger partial charge in [-0.1, -0.05) is 11.6 Å². The second-order valence-electron chi connectivity index (χ2n) is 3.85. The van der Waals surface area contributed by atoms with Crippen LogP contribution >= 0.6 is 34.2 Å². The van der Waals surface area contributed by atoms with E-state index in [1.165, 1.54) is 18.2 Å². The van der Waals surface area contributed by atoms with E-state index in [0.717, 1.165) is 3.57 Å². The Morgan fingerprint density at radius 1 is 1.26 bits per heavy atom. The third-order valence-corrected chi connectivity index (χ3v) is 3.59. The average Bonchev–Trinajstić information content (AvgIpc) is 2.35. The second kappa shape index (κ2) is 5.66. The zero-order chi connectivity index (χ0) is 14.0.